The maximum atomic E-state index is 6.31. The lowest BCUT2D eigenvalue weighted by atomic mass is 10.00. The van der Waals surface area contributed by atoms with Gasteiger partial charge in [-0.3, -0.25) is 0 Å². The summed E-state index contributed by atoms with van der Waals surface area (Å²) in [5, 5.41) is 5.22. The Morgan fingerprint density at radius 2 is 2.11 bits per heavy atom. The smallest absolute Gasteiger partial charge is 0.186 e. The Kier molecular flexibility index (Phi) is 4.61. The van der Waals surface area contributed by atoms with Gasteiger partial charge in [-0.1, -0.05) is 43.0 Å². The first kappa shape index (κ1) is 14.1. The first-order valence-electron chi connectivity index (χ1n) is 6.45. The molecule has 1 aromatic heterocycles. The highest BCUT2D eigenvalue weighted by molar-refractivity contribution is 7.99. The molecular formula is C14H20N4S. The molecule has 0 bridgehead atoms. The molecule has 2 unspecified atom stereocenters. The summed E-state index contributed by atoms with van der Waals surface area (Å²) in [6, 6.07) is 8.50. The second-order valence-corrected chi connectivity index (χ2v) is 5.74. The first-order chi connectivity index (χ1) is 9.13. The van der Waals surface area contributed by atoms with Crippen molar-refractivity contribution in [3.63, 3.8) is 0 Å². The van der Waals surface area contributed by atoms with Crippen molar-refractivity contribution >= 4 is 11.8 Å². The van der Waals surface area contributed by atoms with Crippen molar-refractivity contribution in [2.75, 3.05) is 0 Å². The van der Waals surface area contributed by atoms with Gasteiger partial charge in [-0.2, -0.15) is 5.10 Å². The largest absolute Gasteiger partial charge is 0.326 e. The molecule has 102 valence electrons. The summed E-state index contributed by atoms with van der Waals surface area (Å²) in [6.45, 7) is 4.25. The number of thioether (sulfide) groups is 1. The first-order valence-corrected chi connectivity index (χ1v) is 7.33. The van der Waals surface area contributed by atoms with E-state index in [2.05, 4.69) is 48.2 Å². The van der Waals surface area contributed by atoms with Crippen LogP contribution in [0, 0.1) is 6.92 Å². The van der Waals surface area contributed by atoms with Gasteiger partial charge >= 0.3 is 0 Å². The molecule has 2 N–H and O–H groups in total. The van der Waals surface area contributed by atoms with E-state index in [0.717, 1.165) is 11.6 Å². The van der Waals surface area contributed by atoms with Crippen LogP contribution < -0.4 is 5.73 Å². The van der Waals surface area contributed by atoms with Crippen molar-refractivity contribution in [2.45, 2.75) is 36.7 Å². The van der Waals surface area contributed by atoms with Gasteiger partial charge in [0, 0.05) is 13.1 Å². The molecule has 4 nitrogen and oxygen atoms in total. The lowest BCUT2D eigenvalue weighted by Crippen LogP contribution is -2.26. The molecule has 0 radical (unpaired) electrons. The third kappa shape index (κ3) is 3.16. The standard InChI is InChI=1S/C14H20N4S/c1-4-12(15)13(11-8-6-5-7-10(11)2)19-14-16-9-17-18(14)3/h5-9,12-13H,4,15H2,1-3H3. The van der Waals surface area contributed by atoms with E-state index >= 15 is 0 Å². The van der Waals surface area contributed by atoms with E-state index in [1.807, 2.05) is 7.05 Å². The summed E-state index contributed by atoms with van der Waals surface area (Å²) in [5.41, 5.74) is 8.86. The van der Waals surface area contributed by atoms with Gasteiger partial charge in [0.15, 0.2) is 5.16 Å². The van der Waals surface area contributed by atoms with Gasteiger partial charge in [-0.25, -0.2) is 9.67 Å². The third-order valence-corrected chi connectivity index (χ3v) is 4.70. The molecule has 0 amide bonds. The summed E-state index contributed by atoms with van der Waals surface area (Å²) in [7, 11) is 1.90. The lowest BCUT2D eigenvalue weighted by Gasteiger charge is -2.23. The highest BCUT2D eigenvalue weighted by Crippen LogP contribution is 2.38. The quantitative estimate of drug-likeness (QED) is 0.853. The molecule has 1 heterocycles. The molecule has 0 aliphatic carbocycles. The topological polar surface area (TPSA) is 56.7 Å². The summed E-state index contributed by atoms with van der Waals surface area (Å²) >= 11 is 1.69. The second kappa shape index (κ2) is 6.21. The van der Waals surface area contributed by atoms with Crippen LogP contribution in [-0.4, -0.2) is 20.8 Å². The average molecular weight is 276 g/mol. The molecule has 0 aliphatic rings. The molecule has 0 saturated heterocycles. The van der Waals surface area contributed by atoms with Gasteiger partial charge in [-0.05, 0) is 24.5 Å². The molecule has 2 aromatic rings. The molecule has 1 aromatic carbocycles. The van der Waals surface area contributed by atoms with E-state index in [9.17, 15) is 0 Å². The van der Waals surface area contributed by atoms with Crippen molar-refractivity contribution in [3.05, 3.63) is 41.7 Å². The predicted molar refractivity (Wildman–Crippen MR) is 79.0 cm³/mol. The van der Waals surface area contributed by atoms with E-state index in [1.165, 1.54) is 11.1 Å². The number of hydrogen-bond acceptors (Lipinski definition) is 4. The Morgan fingerprint density at radius 1 is 1.37 bits per heavy atom. The zero-order valence-corrected chi connectivity index (χ0v) is 12.4. The molecule has 0 aliphatic heterocycles. The number of nitrogens with zero attached hydrogens (tertiary/aromatic N) is 3. The van der Waals surface area contributed by atoms with Gasteiger partial charge in [0.1, 0.15) is 6.33 Å². The van der Waals surface area contributed by atoms with Crippen LogP contribution in [0.15, 0.2) is 35.7 Å². The zero-order chi connectivity index (χ0) is 13.8. The number of rotatable bonds is 5. The average Bonchev–Trinajstić information content (AvgIpc) is 2.81. The van der Waals surface area contributed by atoms with Crippen LogP contribution in [0.3, 0.4) is 0 Å². The van der Waals surface area contributed by atoms with Crippen LogP contribution in [0.5, 0.6) is 0 Å². The van der Waals surface area contributed by atoms with Crippen LogP contribution in [-0.2, 0) is 7.05 Å². The lowest BCUT2D eigenvalue weighted by molar-refractivity contribution is 0.624. The summed E-state index contributed by atoms with van der Waals surface area (Å²) in [6.07, 6.45) is 2.51. The van der Waals surface area contributed by atoms with Crippen molar-refractivity contribution in [3.8, 4) is 0 Å². The van der Waals surface area contributed by atoms with Gasteiger partial charge in [0.05, 0.1) is 5.25 Å². The zero-order valence-electron chi connectivity index (χ0n) is 11.6. The van der Waals surface area contributed by atoms with Crippen LogP contribution in [0.1, 0.15) is 29.7 Å². The SMILES string of the molecule is CCC(N)C(Sc1ncnn1C)c1ccccc1C. The molecule has 2 atom stereocenters. The van der Waals surface area contributed by atoms with Crippen LogP contribution in [0.2, 0.25) is 0 Å². The van der Waals surface area contributed by atoms with E-state index < -0.39 is 0 Å². The fourth-order valence-corrected chi connectivity index (χ4v) is 3.30. The highest BCUT2D eigenvalue weighted by atomic mass is 32.2. The summed E-state index contributed by atoms with van der Waals surface area (Å²) in [5.74, 6) is 0. The molecular weight excluding hydrogens is 256 g/mol. The number of hydrogen-bond donors (Lipinski definition) is 1. The fraction of sp³-hybridized carbons (Fsp3) is 0.429. The maximum absolute atomic E-state index is 6.31. The minimum atomic E-state index is 0.0998. The van der Waals surface area contributed by atoms with Crippen LogP contribution in [0.25, 0.3) is 0 Å². The van der Waals surface area contributed by atoms with Gasteiger partial charge in [0.25, 0.3) is 0 Å². The van der Waals surface area contributed by atoms with Gasteiger partial charge in [-0.15, -0.1) is 0 Å². The Labute approximate surface area is 118 Å². The fourth-order valence-electron chi connectivity index (χ4n) is 2.01. The van der Waals surface area contributed by atoms with Crippen LogP contribution in [0.4, 0.5) is 0 Å². The Hall–Kier alpha value is -1.33. The molecule has 0 saturated carbocycles. The minimum Gasteiger partial charge on any atom is -0.326 e. The highest BCUT2D eigenvalue weighted by Gasteiger charge is 2.23. The minimum absolute atomic E-state index is 0.0998. The van der Waals surface area contributed by atoms with E-state index in [4.69, 9.17) is 5.73 Å². The normalized spacial score (nSPS) is 14.3. The number of benzene rings is 1. The Balaban J connectivity index is 2.32. The van der Waals surface area contributed by atoms with Crippen molar-refractivity contribution in [1.82, 2.24) is 14.8 Å². The monoisotopic (exact) mass is 276 g/mol. The van der Waals surface area contributed by atoms with E-state index in [0.29, 0.717) is 0 Å². The Morgan fingerprint density at radius 3 is 2.68 bits per heavy atom. The Bertz CT molecular complexity index is 538. The van der Waals surface area contributed by atoms with Crippen molar-refractivity contribution in [1.29, 1.82) is 0 Å². The second-order valence-electron chi connectivity index (χ2n) is 4.63. The molecule has 5 heteroatoms. The summed E-state index contributed by atoms with van der Waals surface area (Å²) in [4.78, 5) is 4.29. The van der Waals surface area contributed by atoms with Crippen molar-refractivity contribution < 1.29 is 0 Å². The molecule has 0 fully saturated rings. The predicted octanol–water partition coefficient (Wildman–Crippen LogP) is 2.69. The molecule has 19 heavy (non-hydrogen) atoms. The maximum Gasteiger partial charge on any atom is 0.186 e. The third-order valence-electron chi connectivity index (χ3n) is 3.26. The molecule has 0 spiro atoms. The number of nitrogens with two attached hydrogens (primary N) is 1. The van der Waals surface area contributed by atoms with Gasteiger partial charge in [0.2, 0.25) is 0 Å². The van der Waals surface area contributed by atoms with E-state index in [-0.39, 0.29) is 11.3 Å². The summed E-state index contributed by atoms with van der Waals surface area (Å²) < 4.78 is 1.79. The van der Waals surface area contributed by atoms with Crippen molar-refractivity contribution in [2.24, 2.45) is 12.8 Å². The molecule has 2 rings (SSSR count). The number of aryl methyl sites for hydroxylation is 2. The van der Waals surface area contributed by atoms with Crippen LogP contribution >= 0.6 is 11.8 Å². The number of aromatic nitrogens is 3. The van der Waals surface area contributed by atoms with E-state index in [1.54, 1.807) is 22.8 Å². The van der Waals surface area contributed by atoms with Gasteiger partial charge < -0.3 is 5.73 Å².